The largest absolute Gasteiger partial charge is 0.550 e. The summed E-state index contributed by atoms with van der Waals surface area (Å²) < 4.78 is 0. The fourth-order valence-corrected chi connectivity index (χ4v) is 2.03. The third kappa shape index (κ3) is 10.1. The summed E-state index contributed by atoms with van der Waals surface area (Å²) in [5, 5.41) is 21.0. The third-order valence-electron chi connectivity index (χ3n) is 3.15. The summed E-state index contributed by atoms with van der Waals surface area (Å²) in [7, 11) is 0. The van der Waals surface area contributed by atoms with E-state index in [4.69, 9.17) is 0 Å². The van der Waals surface area contributed by atoms with Crippen molar-refractivity contribution in [3.63, 3.8) is 0 Å². The van der Waals surface area contributed by atoms with Crippen molar-refractivity contribution < 1.29 is 19.8 Å². The summed E-state index contributed by atoms with van der Waals surface area (Å²) in [5.74, 6) is -3.49. The Morgan fingerprint density at radius 3 is 1.83 bits per heavy atom. The highest BCUT2D eigenvalue weighted by atomic mass is 16.4. The summed E-state index contributed by atoms with van der Waals surface area (Å²) in [5.41, 5.74) is 0. The van der Waals surface area contributed by atoms with Crippen LogP contribution in [-0.4, -0.2) is 11.9 Å². The quantitative estimate of drug-likeness (QED) is 0.488. The Hall–Kier alpha value is -1.06. The molecule has 0 rings (SSSR count). The first kappa shape index (κ1) is 16.9. The Kier molecular flexibility index (Phi) is 10.4. The van der Waals surface area contributed by atoms with Crippen molar-refractivity contribution in [3.05, 3.63) is 0 Å². The van der Waals surface area contributed by atoms with Gasteiger partial charge in [0.1, 0.15) is 0 Å². The first-order chi connectivity index (χ1) is 8.57. The fourth-order valence-electron chi connectivity index (χ4n) is 2.03. The highest BCUT2D eigenvalue weighted by Gasteiger charge is 2.09. The molecule has 0 aliphatic rings. The lowest BCUT2D eigenvalue weighted by atomic mass is 9.97. The number of unbranched alkanes of at least 4 members (excludes halogenated alkanes) is 7. The van der Waals surface area contributed by atoms with Crippen molar-refractivity contribution in [2.45, 2.75) is 71.1 Å². The van der Waals surface area contributed by atoms with Gasteiger partial charge in [-0.05, 0) is 12.8 Å². The van der Waals surface area contributed by atoms with E-state index in [9.17, 15) is 19.8 Å². The molecule has 0 bridgehead atoms. The van der Waals surface area contributed by atoms with Gasteiger partial charge in [-0.1, -0.05) is 58.3 Å². The molecule has 0 aromatic carbocycles. The molecular weight excluding hydrogens is 232 g/mol. The van der Waals surface area contributed by atoms with Gasteiger partial charge in [-0.25, -0.2) is 0 Å². The Morgan fingerprint density at radius 2 is 1.39 bits per heavy atom. The van der Waals surface area contributed by atoms with Gasteiger partial charge in [0.05, 0.1) is 0 Å². The average Bonchev–Trinajstić information content (AvgIpc) is 2.30. The predicted octanol–water partition coefficient (Wildman–Crippen LogP) is 1.02. The van der Waals surface area contributed by atoms with Crippen LogP contribution in [0.2, 0.25) is 0 Å². The van der Waals surface area contributed by atoms with E-state index < -0.39 is 24.3 Å². The lowest BCUT2D eigenvalue weighted by Crippen LogP contribution is -2.36. The van der Waals surface area contributed by atoms with Crippen molar-refractivity contribution in [2.24, 2.45) is 5.92 Å². The highest BCUT2D eigenvalue weighted by Crippen LogP contribution is 2.15. The van der Waals surface area contributed by atoms with Crippen LogP contribution in [0, 0.1) is 5.92 Å². The SMILES string of the molecule is CCCCCCCCCC[C@H](CC(=O)[O-])C(=O)[O-]. The Balaban J connectivity index is 3.49. The van der Waals surface area contributed by atoms with E-state index in [-0.39, 0.29) is 0 Å². The van der Waals surface area contributed by atoms with Crippen LogP contribution < -0.4 is 10.2 Å². The zero-order valence-electron chi connectivity index (χ0n) is 11.3. The van der Waals surface area contributed by atoms with Gasteiger partial charge in [0, 0.05) is 17.9 Å². The lowest BCUT2D eigenvalue weighted by Gasteiger charge is -2.18. The van der Waals surface area contributed by atoms with E-state index in [2.05, 4.69) is 6.92 Å². The molecule has 0 spiro atoms. The summed E-state index contributed by atoms with van der Waals surface area (Å²) in [6.45, 7) is 2.18. The number of rotatable bonds is 12. The van der Waals surface area contributed by atoms with Crippen LogP contribution in [0.5, 0.6) is 0 Å². The van der Waals surface area contributed by atoms with Gasteiger partial charge in [-0.3, -0.25) is 0 Å². The third-order valence-corrected chi connectivity index (χ3v) is 3.15. The molecule has 4 nitrogen and oxygen atoms in total. The Bertz CT molecular complexity index is 238. The van der Waals surface area contributed by atoms with E-state index >= 15 is 0 Å². The minimum Gasteiger partial charge on any atom is -0.550 e. The van der Waals surface area contributed by atoms with Gasteiger partial charge in [0.2, 0.25) is 0 Å². The number of hydrogen-bond acceptors (Lipinski definition) is 4. The van der Waals surface area contributed by atoms with Crippen LogP contribution in [0.3, 0.4) is 0 Å². The van der Waals surface area contributed by atoms with Crippen molar-refractivity contribution in [3.8, 4) is 0 Å². The summed E-state index contributed by atoms with van der Waals surface area (Å²) >= 11 is 0. The van der Waals surface area contributed by atoms with Crippen molar-refractivity contribution in [1.29, 1.82) is 0 Å². The second-order valence-electron chi connectivity index (χ2n) is 4.86. The van der Waals surface area contributed by atoms with Crippen LogP contribution in [0.25, 0.3) is 0 Å². The van der Waals surface area contributed by atoms with Crippen LogP contribution in [0.4, 0.5) is 0 Å². The molecular formula is C14H24O4-2. The molecule has 0 aromatic heterocycles. The minimum atomic E-state index is -1.32. The molecule has 0 saturated heterocycles. The molecule has 0 N–H and O–H groups in total. The van der Waals surface area contributed by atoms with Gasteiger partial charge < -0.3 is 19.8 Å². The molecule has 0 aromatic rings. The highest BCUT2D eigenvalue weighted by molar-refractivity contribution is 5.75. The second kappa shape index (κ2) is 11.1. The number of hydrogen-bond donors (Lipinski definition) is 0. The smallest absolute Gasteiger partial charge is 0.0449 e. The zero-order valence-corrected chi connectivity index (χ0v) is 11.3. The van der Waals surface area contributed by atoms with Gasteiger partial charge in [-0.2, -0.15) is 0 Å². The van der Waals surface area contributed by atoms with Crippen LogP contribution in [0.15, 0.2) is 0 Å². The fraction of sp³-hybridized carbons (Fsp3) is 0.857. The number of carboxylic acids is 2. The van der Waals surface area contributed by atoms with E-state index in [1.165, 1.54) is 32.1 Å². The maximum absolute atomic E-state index is 10.7. The van der Waals surface area contributed by atoms with Gasteiger partial charge in [0.25, 0.3) is 0 Å². The van der Waals surface area contributed by atoms with Crippen LogP contribution in [0.1, 0.15) is 71.1 Å². The number of carboxylic acid groups (broad SMARTS) is 2. The number of carbonyl (C=O) groups is 2. The van der Waals surface area contributed by atoms with Gasteiger partial charge in [-0.15, -0.1) is 0 Å². The Labute approximate surface area is 109 Å². The van der Waals surface area contributed by atoms with Gasteiger partial charge >= 0.3 is 0 Å². The average molecular weight is 256 g/mol. The standard InChI is InChI=1S/C14H26O4/c1-2-3-4-5-6-7-8-9-10-12(14(17)18)11-13(15)16/h12H,2-11H2,1H3,(H,15,16)(H,17,18)/p-2/t12-/m1/s1. The maximum atomic E-state index is 10.7. The molecule has 4 heteroatoms. The maximum Gasteiger partial charge on any atom is 0.0449 e. The molecule has 1 atom stereocenters. The summed E-state index contributed by atoms with van der Waals surface area (Å²) in [4.78, 5) is 21.0. The molecule has 0 saturated carbocycles. The summed E-state index contributed by atoms with van der Waals surface area (Å²) in [6.07, 6.45) is 8.94. The van der Waals surface area contributed by atoms with Crippen molar-refractivity contribution in [1.82, 2.24) is 0 Å². The van der Waals surface area contributed by atoms with Gasteiger partial charge in [0.15, 0.2) is 0 Å². The molecule has 0 unspecified atom stereocenters. The molecule has 18 heavy (non-hydrogen) atoms. The van der Waals surface area contributed by atoms with Crippen LogP contribution in [-0.2, 0) is 9.59 Å². The zero-order chi connectivity index (χ0) is 13.8. The lowest BCUT2D eigenvalue weighted by molar-refractivity contribution is -0.321. The molecule has 0 heterocycles. The summed E-state index contributed by atoms with van der Waals surface area (Å²) in [6, 6.07) is 0. The molecule has 0 radical (unpaired) electrons. The van der Waals surface area contributed by atoms with Crippen molar-refractivity contribution >= 4 is 11.9 Å². The van der Waals surface area contributed by atoms with Crippen LogP contribution >= 0.6 is 0 Å². The number of carbonyl (C=O) groups excluding carboxylic acids is 2. The Morgan fingerprint density at radius 1 is 0.889 bits per heavy atom. The van der Waals surface area contributed by atoms with Crippen molar-refractivity contribution in [2.75, 3.05) is 0 Å². The minimum absolute atomic E-state index is 0.380. The monoisotopic (exact) mass is 256 g/mol. The van der Waals surface area contributed by atoms with E-state index in [0.29, 0.717) is 6.42 Å². The van der Waals surface area contributed by atoms with E-state index in [1.54, 1.807) is 0 Å². The molecule has 0 fully saturated rings. The molecule has 0 aliphatic heterocycles. The number of aliphatic carboxylic acids is 2. The normalized spacial score (nSPS) is 12.3. The predicted molar refractivity (Wildman–Crippen MR) is 65.3 cm³/mol. The molecule has 0 amide bonds. The second-order valence-corrected chi connectivity index (χ2v) is 4.86. The van der Waals surface area contributed by atoms with E-state index in [1.807, 2.05) is 0 Å². The molecule has 0 aliphatic carbocycles. The first-order valence-corrected chi connectivity index (χ1v) is 6.98. The molecule has 106 valence electrons. The van der Waals surface area contributed by atoms with E-state index in [0.717, 1.165) is 19.3 Å². The topological polar surface area (TPSA) is 80.3 Å². The first-order valence-electron chi connectivity index (χ1n) is 6.98.